The molecule has 1 aromatic heterocycles. The lowest BCUT2D eigenvalue weighted by molar-refractivity contribution is 0.0963. The first-order valence-corrected chi connectivity index (χ1v) is 7.10. The molecule has 0 aliphatic carbocycles. The Morgan fingerprint density at radius 2 is 2.42 bits per heavy atom. The molecule has 1 aromatic rings. The summed E-state index contributed by atoms with van der Waals surface area (Å²) in [7, 11) is 0. The molecule has 4 N–H and O–H groups in total. The molecule has 0 atom stereocenters. The average Bonchev–Trinajstić information content (AvgIpc) is 2.77. The minimum Gasteiger partial charge on any atom is -0.397 e. The van der Waals surface area contributed by atoms with E-state index in [0.717, 1.165) is 31.2 Å². The third kappa shape index (κ3) is 5.32. The third-order valence-corrected chi connectivity index (χ3v) is 3.45. The van der Waals surface area contributed by atoms with Crippen molar-refractivity contribution in [1.29, 1.82) is 0 Å². The Labute approximate surface area is 117 Å². The standard InChI is InChI=1S/C13H21N3O2S/c1-3-6-16-13(17)12-10(14)9-11(19-12)15-7-5-8-18-4-2/h3,9,15H,1,4-8,14H2,2H3,(H,16,17). The van der Waals surface area contributed by atoms with Crippen molar-refractivity contribution >= 4 is 27.9 Å². The van der Waals surface area contributed by atoms with Crippen molar-refractivity contribution in [3.8, 4) is 0 Å². The predicted molar refractivity (Wildman–Crippen MR) is 80.9 cm³/mol. The van der Waals surface area contributed by atoms with Gasteiger partial charge in [0.1, 0.15) is 4.88 Å². The van der Waals surface area contributed by atoms with Gasteiger partial charge >= 0.3 is 0 Å². The number of carbonyl (C=O) groups is 1. The second-order valence-corrected chi connectivity index (χ2v) is 4.92. The van der Waals surface area contributed by atoms with Gasteiger partial charge in [0.05, 0.1) is 10.7 Å². The molecule has 0 aliphatic rings. The lowest BCUT2D eigenvalue weighted by atomic mass is 10.3. The molecule has 19 heavy (non-hydrogen) atoms. The van der Waals surface area contributed by atoms with Crippen LogP contribution in [0.15, 0.2) is 18.7 Å². The zero-order valence-corrected chi connectivity index (χ0v) is 12.0. The maximum atomic E-state index is 11.8. The van der Waals surface area contributed by atoms with Crippen molar-refractivity contribution in [2.75, 3.05) is 37.4 Å². The first-order chi connectivity index (χ1) is 9.19. The molecule has 0 aliphatic heterocycles. The van der Waals surface area contributed by atoms with Gasteiger partial charge in [0.25, 0.3) is 5.91 Å². The number of thiophene rings is 1. The number of nitrogens with one attached hydrogen (secondary N) is 2. The van der Waals surface area contributed by atoms with Crippen molar-refractivity contribution in [3.05, 3.63) is 23.6 Å². The topological polar surface area (TPSA) is 76.4 Å². The zero-order chi connectivity index (χ0) is 14.1. The van der Waals surface area contributed by atoms with Crippen molar-refractivity contribution in [2.45, 2.75) is 13.3 Å². The number of hydrogen-bond acceptors (Lipinski definition) is 5. The fourth-order valence-corrected chi connectivity index (χ4v) is 2.37. The van der Waals surface area contributed by atoms with Crippen molar-refractivity contribution in [2.24, 2.45) is 0 Å². The van der Waals surface area contributed by atoms with Crippen LogP contribution in [0.4, 0.5) is 10.7 Å². The maximum absolute atomic E-state index is 11.8. The van der Waals surface area contributed by atoms with E-state index in [-0.39, 0.29) is 5.91 Å². The van der Waals surface area contributed by atoms with Gasteiger partial charge in [0.15, 0.2) is 0 Å². The molecule has 1 heterocycles. The highest BCUT2D eigenvalue weighted by atomic mass is 32.1. The van der Waals surface area contributed by atoms with Gasteiger partial charge in [-0.05, 0) is 19.4 Å². The smallest absolute Gasteiger partial charge is 0.263 e. The highest BCUT2D eigenvalue weighted by molar-refractivity contribution is 7.18. The van der Waals surface area contributed by atoms with Crippen LogP contribution in [0.1, 0.15) is 23.0 Å². The van der Waals surface area contributed by atoms with Gasteiger partial charge in [-0.2, -0.15) is 0 Å². The summed E-state index contributed by atoms with van der Waals surface area (Å²) in [5, 5.41) is 6.85. The molecule has 0 saturated carbocycles. The molecule has 1 rings (SSSR count). The molecule has 0 radical (unpaired) electrons. The molecular formula is C13H21N3O2S. The first-order valence-electron chi connectivity index (χ1n) is 6.29. The third-order valence-electron chi connectivity index (χ3n) is 2.34. The predicted octanol–water partition coefficient (Wildman–Crippen LogP) is 2.08. The zero-order valence-electron chi connectivity index (χ0n) is 11.2. The van der Waals surface area contributed by atoms with Crippen molar-refractivity contribution in [1.82, 2.24) is 5.32 Å². The number of ether oxygens (including phenoxy) is 1. The lowest BCUT2D eigenvalue weighted by Crippen LogP contribution is -2.22. The number of hydrogen-bond donors (Lipinski definition) is 3. The van der Waals surface area contributed by atoms with Crippen LogP contribution in [0.3, 0.4) is 0 Å². The highest BCUT2D eigenvalue weighted by Crippen LogP contribution is 2.28. The van der Waals surface area contributed by atoms with Crippen LogP contribution >= 0.6 is 11.3 Å². The fraction of sp³-hybridized carbons (Fsp3) is 0.462. The summed E-state index contributed by atoms with van der Waals surface area (Å²) in [5.41, 5.74) is 6.32. The number of nitrogens with two attached hydrogens (primary N) is 1. The minimum absolute atomic E-state index is 0.162. The molecule has 0 unspecified atom stereocenters. The summed E-state index contributed by atoms with van der Waals surface area (Å²) in [6.45, 7) is 8.23. The van der Waals surface area contributed by atoms with Crippen LogP contribution in [0.2, 0.25) is 0 Å². The number of carbonyl (C=O) groups excluding carboxylic acids is 1. The molecule has 0 fully saturated rings. The lowest BCUT2D eigenvalue weighted by Gasteiger charge is -2.03. The summed E-state index contributed by atoms with van der Waals surface area (Å²) in [6, 6.07) is 1.79. The molecule has 6 heteroatoms. The highest BCUT2D eigenvalue weighted by Gasteiger charge is 2.13. The largest absolute Gasteiger partial charge is 0.397 e. The first kappa shape index (κ1) is 15.5. The van der Waals surface area contributed by atoms with Gasteiger partial charge < -0.3 is 21.1 Å². The van der Waals surface area contributed by atoms with Gasteiger partial charge in [0, 0.05) is 26.3 Å². The number of amides is 1. The average molecular weight is 283 g/mol. The quantitative estimate of drug-likeness (QED) is 0.479. The molecule has 106 valence electrons. The second-order valence-electron chi connectivity index (χ2n) is 3.87. The Balaban J connectivity index is 2.44. The number of anilines is 2. The molecule has 0 bridgehead atoms. The van der Waals surface area contributed by atoms with Crippen molar-refractivity contribution in [3.63, 3.8) is 0 Å². The van der Waals surface area contributed by atoms with Gasteiger partial charge in [-0.1, -0.05) is 6.08 Å². The molecular weight excluding hydrogens is 262 g/mol. The summed E-state index contributed by atoms with van der Waals surface area (Å²) in [5.74, 6) is -0.162. The van der Waals surface area contributed by atoms with E-state index in [2.05, 4.69) is 17.2 Å². The van der Waals surface area contributed by atoms with Crippen LogP contribution in [0, 0.1) is 0 Å². The van der Waals surface area contributed by atoms with Gasteiger partial charge in [-0.15, -0.1) is 17.9 Å². The summed E-state index contributed by atoms with van der Waals surface area (Å²) < 4.78 is 5.25. The van der Waals surface area contributed by atoms with Crippen LogP contribution < -0.4 is 16.4 Å². The van der Waals surface area contributed by atoms with E-state index in [4.69, 9.17) is 10.5 Å². The van der Waals surface area contributed by atoms with E-state index < -0.39 is 0 Å². The molecule has 5 nitrogen and oxygen atoms in total. The van der Waals surface area contributed by atoms with Gasteiger partial charge in [-0.3, -0.25) is 4.79 Å². The molecule has 0 spiro atoms. The monoisotopic (exact) mass is 283 g/mol. The molecule has 1 amide bonds. The van der Waals surface area contributed by atoms with Crippen LogP contribution in [0.5, 0.6) is 0 Å². The van der Waals surface area contributed by atoms with Crippen LogP contribution in [0.25, 0.3) is 0 Å². The number of nitrogen functional groups attached to an aromatic ring is 1. The van der Waals surface area contributed by atoms with Crippen molar-refractivity contribution < 1.29 is 9.53 Å². The second kappa shape index (κ2) is 8.55. The summed E-state index contributed by atoms with van der Waals surface area (Å²) in [6.07, 6.45) is 2.55. The minimum atomic E-state index is -0.162. The van der Waals surface area contributed by atoms with E-state index in [0.29, 0.717) is 17.1 Å². The van der Waals surface area contributed by atoms with E-state index in [1.54, 1.807) is 12.1 Å². The van der Waals surface area contributed by atoms with E-state index in [9.17, 15) is 4.79 Å². The maximum Gasteiger partial charge on any atom is 0.263 e. The molecule has 0 aromatic carbocycles. The SMILES string of the molecule is C=CCNC(=O)c1sc(NCCCOCC)cc1N. The number of rotatable bonds is 9. The van der Waals surface area contributed by atoms with Crippen LogP contribution in [-0.4, -0.2) is 32.2 Å². The van der Waals surface area contributed by atoms with E-state index in [1.807, 2.05) is 6.92 Å². The van der Waals surface area contributed by atoms with E-state index in [1.165, 1.54) is 11.3 Å². The molecule has 0 saturated heterocycles. The van der Waals surface area contributed by atoms with E-state index >= 15 is 0 Å². The van der Waals surface area contributed by atoms with Gasteiger partial charge in [0.2, 0.25) is 0 Å². The van der Waals surface area contributed by atoms with Gasteiger partial charge in [-0.25, -0.2) is 0 Å². The van der Waals surface area contributed by atoms with Crippen LogP contribution in [-0.2, 0) is 4.74 Å². The fourth-order valence-electron chi connectivity index (χ4n) is 1.44. The Morgan fingerprint density at radius 1 is 1.63 bits per heavy atom. The Morgan fingerprint density at radius 3 is 3.11 bits per heavy atom. The Bertz CT molecular complexity index is 418. The summed E-state index contributed by atoms with van der Waals surface area (Å²) in [4.78, 5) is 12.3. The summed E-state index contributed by atoms with van der Waals surface area (Å²) >= 11 is 1.36. The normalized spacial score (nSPS) is 10.2. The Hall–Kier alpha value is -1.53. The Kier molecular flexibility index (Phi) is 6.99.